The van der Waals surface area contributed by atoms with Crippen LogP contribution in [0, 0.1) is 0 Å². The van der Waals surface area contributed by atoms with Gasteiger partial charge in [-0.3, -0.25) is 9.80 Å². The zero-order valence-corrected chi connectivity index (χ0v) is 15.3. The van der Waals surface area contributed by atoms with Crippen molar-refractivity contribution < 1.29 is 0 Å². The molecule has 0 aliphatic carbocycles. The van der Waals surface area contributed by atoms with Crippen LogP contribution in [0.5, 0.6) is 0 Å². The lowest BCUT2D eigenvalue weighted by molar-refractivity contribution is 0.0948. The molecule has 1 aromatic carbocycles. The lowest BCUT2D eigenvalue weighted by Gasteiger charge is -2.37. The normalized spacial score (nSPS) is 17.4. The van der Waals surface area contributed by atoms with Crippen LogP contribution in [0.4, 0.5) is 11.9 Å². The molecule has 7 nitrogen and oxygen atoms in total. The summed E-state index contributed by atoms with van der Waals surface area (Å²) in [6, 6.07) is 10.8. The summed E-state index contributed by atoms with van der Waals surface area (Å²) in [6.45, 7) is 7.22. The molecule has 1 aliphatic heterocycles. The Kier molecular flexibility index (Phi) is 5.45. The van der Waals surface area contributed by atoms with Crippen molar-refractivity contribution in [3.63, 3.8) is 0 Å². The third-order valence-electron chi connectivity index (χ3n) is 4.64. The Bertz CT molecular complexity index is 681. The van der Waals surface area contributed by atoms with Crippen LogP contribution in [-0.2, 0) is 6.54 Å². The van der Waals surface area contributed by atoms with E-state index in [0.29, 0.717) is 5.95 Å². The molecule has 25 heavy (non-hydrogen) atoms. The van der Waals surface area contributed by atoms with Gasteiger partial charge in [0.05, 0.1) is 6.04 Å². The molecular weight excluding hydrogens is 314 g/mol. The summed E-state index contributed by atoms with van der Waals surface area (Å²) in [7, 11) is 3.82. The number of hydrogen-bond acceptors (Lipinski definition) is 7. The van der Waals surface area contributed by atoms with Crippen LogP contribution in [0.15, 0.2) is 30.3 Å². The molecule has 7 heteroatoms. The fourth-order valence-electron chi connectivity index (χ4n) is 3.10. The Hall–Kier alpha value is -2.25. The Balaban J connectivity index is 1.61. The van der Waals surface area contributed by atoms with E-state index in [1.807, 2.05) is 19.0 Å². The lowest BCUT2D eigenvalue weighted by Crippen LogP contribution is -2.47. The Labute approximate surface area is 149 Å². The molecule has 0 spiro atoms. The Morgan fingerprint density at radius 2 is 1.72 bits per heavy atom. The standard InChI is InChI=1S/C18H27N7/c1-14(16-20-17(19)22-18(21-16)23(2)3)25-11-9-24(10-12-25)13-15-7-5-4-6-8-15/h4-8,14H,9-13H2,1-3H3,(H2,19,20,21,22)/t14-/m0/s1. The summed E-state index contributed by atoms with van der Waals surface area (Å²) in [5, 5.41) is 0. The van der Waals surface area contributed by atoms with Crippen molar-refractivity contribution in [3.05, 3.63) is 41.7 Å². The van der Waals surface area contributed by atoms with Gasteiger partial charge in [0.2, 0.25) is 11.9 Å². The fourth-order valence-corrected chi connectivity index (χ4v) is 3.10. The molecule has 1 fully saturated rings. The first-order valence-electron chi connectivity index (χ1n) is 8.72. The highest BCUT2D eigenvalue weighted by Crippen LogP contribution is 2.21. The zero-order chi connectivity index (χ0) is 17.8. The molecule has 1 saturated heterocycles. The molecule has 3 rings (SSSR count). The van der Waals surface area contributed by atoms with E-state index < -0.39 is 0 Å². The lowest BCUT2D eigenvalue weighted by atomic mass is 10.1. The number of piperazine rings is 1. The van der Waals surface area contributed by atoms with Crippen molar-refractivity contribution in [2.45, 2.75) is 19.5 Å². The van der Waals surface area contributed by atoms with Crippen molar-refractivity contribution in [1.29, 1.82) is 0 Å². The highest BCUT2D eigenvalue weighted by atomic mass is 15.3. The maximum absolute atomic E-state index is 5.86. The number of nitrogen functional groups attached to an aromatic ring is 1. The second kappa shape index (κ2) is 7.76. The first-order chi connectivity index (χ1) is 12.0. The number of rotatable bonds is 5. The van der Waals surface area contributed by atoms with Gasteiger partial charge in [-0.15, -0.1) is 0 Å². The van der Waals surface area contributed by atoms with Gasteiger partial charge in [0, 0.05) is 46.8 Å². The molecule has 2 N–H and O–H groups in total. The van der Waals surface area contributed by atoms with Gasteiger partial charge in [-0.05, 0) is 12.5 Å². The van der Waals surface area contributed by atoms with Gasteiger partial charge in [0.25, 0.3) is 0 Å². The molecule has 0 amide bonds. The van der Waals surface area contributed by atoms with E-state index in [0.717, 1.165) is 38.5 Å². The SMILES string of the molecule is C[C@@H](c1nc(N)nc(N(C)C)n1)N1CCN(Cc2ccccc2)CC1. The van der Waals surface area contributed by atoms with Crippen LogP contribution < -0.4 is 10.6 Å². The van der Waals surface area contributed by atoms with E-state index >= 15 is 0 Å². The van der Waals surface area contributed by atoms with Crippen molar-refractivity contribution in [2.24, 2.45) is 0 Å². The molecule has 134 valence electrons. The van der Waals surface area contributed by atoms with Gasteiger partial charge < -0.3 is 10.6 Å². The number of benzene rings is 1. The van der Waals surface area contributed by atoms with Gasteiger partial charge in [-0.25, -0.2) is 0 Å². The van der Waals surface area contributed by atoms with Crippen LogP contribution in [0.2, 0.25) is 0 Å². The van der Waals surface area contributed by atoms with Crippen molar-refractivity contribution in [3.8, 4) is 0 Å². The molecule has 2 heterocycles. The smallest absolute Gasteiger partial charge is 0.229 e. The molecule has 1 aromatic heterocycles. The van der Waals surface area contributed by atoms with Gasteiger partial charge in [0.15, 0.2) is 5.82 Å². The van der Waals surface area contributed by atoms with Gasteiger partial charge >= 0.3 is 0 Å². The van der Waals surface area contributed by atoms with Gasteiger partial charge in [-0.1, -0.05) is 30.3 Å². The number of nitrogens with two attached hydrogens (primary N) is 1. The number of nitrogens with zero attached hydrogens (tertiary/aromatic N) is 6. The van der Waals surface area contributed by atoms with E-state index in [2.05, 4.69) is 62.0 Å². The molecule has 0 radical (unpaired) electrons. The summed E-state index contributed by atoms with van der Waals surface area (Å²) in [5.74, 6) is 1.63. The monoisotopic (exact) mass is 341 g/mol. The summed E-state index contributed by atoms with van der Waals surface area (Å²) in [6.07, 6.45) is 0. The van der Waals surface area contributed by atoms with Crippen LogP contribution in [0.25, 0.3) is 0 Å². The Morgan fingerprint density at radius 3 is 2.36 bits per heavy atom. The predicted octanol–water partition coefficient (Wildman–Crippen LogP) is 1.40. The van der Waals surface area contributed by atoms with Crippen LogP contribution in [0.1, 0.15) is 24.4 Å². The third kappa shape index (κ3) is 4.43. The topological polar surface area (TPSA) is 74.4 Å². The fraction of sp³-hybridized carbons (Fsp3) is 0.500. The summed E-state index contributed by atoms with van der Waals surface area (Å²) < 4.78 is 0. The van der Waals surface area contributed by atoms with E-state index in [-0.39, 0.29) is 12.0 Å². The van der Waals surface area contributed by atoms with Crippen molar-refractivity contribution in [2.75, 3.05) is 50.9 Å². The Morgan fingerprint density at radius 1 is 1.04 bits per heavy atom. The maximum Gasteiger partial charge on any atom is 0.229 e. The van der Waals surface area contributed by atoms with Crippen molar-refractivity contribution >= 4 is 11.9 Å². The second-order valence-corrected chi connectivity index (χ2v) is 6.72. The van der Waals surface area contributed by atoms with Crippen molar-refractivity contribution in [1.82, 2.24) is 24.8 Å². The van der Waals surface area contributed by atoms with E-state index in [1.54, 1.807) is 0 Å². The summed E-state index contributed by atoms with van der Waals surface area (Å²) in [5.41, 5.74) is 7.22. The van der Waals surface area contributed by atoms with Crippen LogP contribution >= 0.6 is 0 Å². The number of hydrogen-bond donors (Lipinski definition) is 1. The number of aromatic nitrogens is 3. The van der Waals surface area contributed by atoms with E-state index in [1.165, 1.54) is 5.56 Å². The molecule has 1 atom stereocenters. The maximum atomic E-state index is 5.86. The second-order valence-electron chi connectivity index (χ2n) is 6.72. The third-order valence-corrected chi connectivity index (χ3v) is 4.64. The number of anilines is 2. The van der Waals surface area contributed by atoms with E-state index in [4.69, 9.17) is 5.73 Å². The molecule has 1 aliphatic rings. The minimum atomic E-state index is 0.128. The average molecular weight is 341 g/mol. The van der Waals surface area contributed by atoms with Gasteiger partial charge in [-0.2, -0.15) is 15.0 Å². The molecule has 0 saturated carbocycles. The highest BCUT2D eigenvalue weighted by Gasteiger charge is 2.24. The van der Waals surface area contributed by atoms with E-state index in [9.17, 15) is 0 Å². The zero-order valence-electron chi connectivity index (χ0n) is 15.3. The molecular formula is C18H27N7. The quantitative estimate of drug-likeness (QED) is 0.881. The van der Waals surface area contributed by atoms with Gasteiger partial charge in [0.1, 0.15) is 0 Å². The largest absolute Gasteiger partial charge is 0.368 e. The average Bonchev–Trinajstić information content (AvgIpc) is 2.62. The minimum Gasteiger partial charge on any atom is -0.368 e. The van der Waals surface area contributed by atoms with Crippen LogP contribution in [0.3, 0.4) is 0 Å². The molecule has 0 unspecified atom stereocenters. The highest BCUT2D eigenvalue weighted by molar-refractivity contribution is 5.33. The first-order valence-corrected chi connectivity index (χ1v) is 8.72. The first kappa shape index (κ1) is 17.6. The predicted molar refractivity (Wildman–Crippen MR) is 100 cm³/mol. The summed E-state index contributed by atoms with van der Waals surface area (Å²) >= 11 is 0. The molecule has 2 aromatic rings. The van der Waals surface area contributed by atoms with Crippen LogP contribution in [-0.4, -0.2) is 65.0 Å². The minimum absolute atomic E-state index is 0.128. The summed E-state index contributed by atoms with van der Waals surface area (Å²) in [4.78, 5) is 19.8. The molecule has 0 bridgehead atoms.